The smallest absolute Gasteiger partial charge is 0.199 e. The average Bonchev–Trinajstić information content (AvgIpc) is 3.21. The summed E-state index contributed by atoms with van der Waals surface area (Å²) in [6.45, 7) is 11.5. The molecule has 1 saturated heterocycles. The molecule has 3 heterocycles. The van der Waals surface area contributed by atoms with E-state index < -0.39 is 0 Å². The number of aldehydes is 1. The summed E-state index contributed by atoms with van der Waals surface area (Å²) in [5.41, 5.74) is 1.11. The van der Waals surface area contributed by atoms with Crippen LogP contribution in [0.2, 0.25) is 5.02 Å². The Morgan fingerprint density at radius 2 is 1.81 bits per heavy atom. The van der Waals surface area contributed by atoms with Crippen LogP contribution < -0.4 is 0 Å². The zero-order chi connectivity index (χ0) is 23.1. The first-order valence-corrected chi connectivity index (χ1v) is 12.6. The lowest BCUT2D eigenvalue weighted by Crippen LogP contribution is -2.14. The average molecular weight is 469 g/mol. The van der Waals surface area contributed by atoms with Gasteiger partial charge in [-0.3, -0.25) is 0 Å². The minimum absolute atomic E-state index is 0.360. The molecule has 0 N–H and O–H groups in total. The molecule has 0 radical (unpaired) electrons. The molecule has 0 bridgehead atoms. The predicted octanol–water partition coefficient (Wildman–Crippen LogP) is 7.68. The Morgan fingerprint density at radius 1 is 1.19 bits per heavy atom. The summed E-state index contributed by atoms with van der Waals surface area (Å²) in [5.74, 6) is 1.67. The Balaban J connectivity index is 0.000000884. The monoisotopic (exact) mass is 468 g/mol. The van der Waals surface area contributed by atoms with Crippen LogP contribution in [0.1, 0.15) is 96.6 Å². The number of carbonyl (C=O) groups is 1. The molecule has 0 unspecified atom stereocenters. The third kappa shape index (κ3) is 9.34. The number of aromatic nitrogens is 2. The van der Waals surface area contributed by atoms with E-state index in [1.807, 2.05) is 26.0 Å². The third-order valence-corrected chi connectivity index (χ3v) is 5.92. The van der Waals surface area contributed by atoms with Crippen molar-refractivity contribution in [2.45, 2.75) is 95.1 Å². The van der Waals surface area contributed by atoms with Crippen LogP contribution in [0.5, 0.6) is 0 Å². The predicted molar refractivity (Wildman–Crippen MR) is 128 cm³/mol. The topological polar surface area (TPSA) is 65.2 Å². The highest BCUT2D eigenvalue weighted by molar-refractivity contribution is 7.99. The number of ether oxygens (including phenoxy) is 1. The van der Waals surface area contributed by atoms with Crippen LogP contribution in [0, 0.1) is 0 Å². The number of pyridine rings is 1. The van der Waals surface area contributed by atoms with Gasteiger partial charge < -0.3 is 13.9 Å². The quantitative estimate of drug-likeness (QED) is 0.370. The van der Waals surface area contributed by atoms with Gasteiger partial charge in [-0.1, -0.05) is 52.1 Å². The van der Waals surface area contributed by atoms with Crippen LogP contribution in [0.3, 0.4) is 0 Å². The number of hydrogen-bond donors (Lipinski definition) is 0. The third-order valence-electron chi connectivity index (χ3n) is 4.77. The van der Waals surface area contributed by atoms with E-state index in [2.05, 4.69) is 18.8 Å². The van der Waals surface area contributed by atoms with Crippen molar-refractivity contribution in [1.29, 1.82) is 0 Å². The van der Waals surface area contributed by atoms with Gasteiger partial charge in [-0.2, -0.15) is 0 Å². The summed E-state index contributed by atoms with van der Waals surface area (Å²) >= 11 is 7.52. The zero-order valence-corrected chi connectivity index (χ0v) is 21.1. The zero-order valence-electron chi connectivity index (χ0n) is 19.5. The van der Waals surface area contributed by atoms with Crippen molar-refractivity contribution in [1.82, 2.24) is 9.97 Å². The molecule has 1 fully saturated rings. The molecule has 0 atom stereocenters. The molecule has 174 valence electrons. The summed E-state index contributed by atoms with van der Waals surface area (Å²) in [4.78, 5) is 18.2. The second-order valence-corrected chi connectivity index (χ2v) is 8.47. The minimum Gasteiger partial charge on any atom is -0.433 e. The van der Waals surface area contributed by atoms with Crippen LogP contribution in [0.15, 0.2) is 32.9 Å². The van der Waals surface area contributed by atoms with Gasteiger partial charge in [0.15, 0.2) is 11.0 Å². The Labute approximate surface area is 196 Å². The molecule has 5 nitrogen and oxygen atoms in total. The second kappa shape index (κ2) is 16.3. The number of halogens is 1. The van der Waals surface area contributed by atoms with Gasteiger partial charge in [-0.15, -0.1) is 0 Å². The molecule has 3 rings (SSSR count). The Morgan fingerprint density at radius 3 is 2.32 bits per heavy atom. The van der Waals surface area contributed by atoms with Crippen LogP contribution in [-0.2, 0) is 9.53 Å². The van der Waals surface area contributed by atoms with Gasteiger partial charge >= 0.3 is 0 Å². The van der Waals surface area contributed by atoms with Gasteiger partial charge in [0.25, 0.3) is 0 Å². The van der Waals surface area contributed by atoms with Crippen molar-refractivity contribution in [3.05, 3.63) is 34.9 Å². The van der Waals surface area contributed by atoms with E-state index in [0.717, 1.165) is 79.7 Å². The van der Waals surface area contributed by atoms with Crippen molar-refractivity contribution in [2.24, 2.45) is 0 Å². The molecule has 1 aliphatic heterocycles. The van der Waals surface area contributed by atoms with E-state index >= 15 is 0 Å². The Hall–Kier alpha value is -1.37. The summed E-state index contributed by atoms with van der Waals surface area (Å²) in [6.07, 6.45) is 8.95. The lowest BCUT2D eigenvalue weighted by molar-refractivity contribution is -0.106. The molecule has 0 aliphatic carbocycles. The number of hydrogen-bond acceptors (Lipinski definition) is 6. The van der Waals surface area contributed by atoms with E-state index in [4.69, 9.17) is 30.5 Å². The van der Waals surface area contributed by atoms with E-state index in [9.17, 15) is 0 Å². The summed E-state index contributed by atoms with van der Waals surface area (Å²) in [5, 5.41) is 2.43. The molecule has 0 spiro atoms. The molecular formula is C24H37ClN2O3S. The highest BCUT2D eigenvalue weighted by atomic mass is 35.5. The van der Waals surface area contributed by atoms with Crippen molar-refractivity contribution in [3.8, 4) is 0 Å². The fourth-order valence-electron chi connectivity index (χ4n) is 3.42. The first-order valence-electron chi connectivity index (χ1n) is 11.4. The van der Waals surface area contributed by atoms with Crippen LogP contribution in [0.25, 0.3) is 0 Å². The van der Waals surface area contributed by atoms with Gasteiger partial charge in [0.2, 0.25) is 0 Å². The maximum Gasteiger partial charge on any atom is 0.199 e. The lowest BCUT2D eigenvalue weighted by Gasteiger charge is -2.18. The largest absolute Gasteiger partial charge is 0.433 e. The number of nitrogens with zero attached hydrogens (tertiary/aromatic N) is 2. The van der Waals surface area contributed by atoms with Crippen molar-refractivity contribution in [2.75, 3.05) is 13.2 Å². The Kier molecular flexibility index (Phi) is 14.5. The molecule has 0 aromatic carbocycles. The normalized spacial score (nSPS) is 13.8. The molecule has 1 aliphatic rings. The highest BCUT2D eigenvalue weighted by Gasteiger charge is 2.27. The summed E-state index contributed by atoms with van der Waals surface area (Å²) in [6, 6.07) is 3.80. The van der Waals surface area contributed by atoms with E-state index in [1.54, 1.807) is 18.0 Å². The SMILES string of the molecule is CC.CC=O.CCCC(CCC)c1nc(C2CCOCC2)oc1Sc1ccc(Cl)cn1. The van der Waals surface area contributed by atoms with E-state index in [0.29, 0.717) is 16.9 Å². The standard InChI is InChI=1S/C20H27ClN2O2S.C2H4O.C2H6/c1-3-5-14(6-4-2)18-20(26-17-8-7-16(21)13-22-17)25-19(23-18)15-9-11-24-12-10-15;1-2-3;1-2/h7-8,13-15H,3-6,9-12H2,1-2H3;2H,1H3;1-2H3. The minimum atomic E-state index is 0.360. The van der Waals surface area contributed by atoms with Crippen LogP contribution in [-0.4, -0.2) is 29.5 Å². The second-order valence-electron chi connectivity index (χ2n) is 7.04. The molecule has 0 amide bonds. The van der Waals surface area contributed by atoms with Gasteiger partial charge in [0.1, 0.15) is 11.3 Å². The number of carbonyl (C=O) groups excluding carboxylic acids is 1. The molecule has 0 saturated carbocycles. The van der Waals surface area contributed by atoms with E-state index in [-0.39, 0.29) is 0 Å². The van der Waals surface area contributed by atoms with Gasteiger partial charge in [-0.25, -0.2) is 9.97 Å². The number of oxazole rings is 1. The maximum absolute atomic E-state index is 8.81. The van der Waals surface area contributed by atoms with Gasteiger partial charge in [0.05, 0.1) is 10.7 Å². The van der Waals surface area contributed by atoms with Crippen LogP contribution >= 0.6 is 23.4 Å². The lowest BCUT2D eigenvalue weighted by atomic mass is 9.95. The van der Waals surface area contributed by atoms with Crippen molar-refractivity contribution < 1.29 is 13.9 Å². The molecule has 7 heteroatoms. The molecular weight excluding hydrogens is 432 g/mol. The first-order chi connectivity index (χ1) is 15.1. The maximum atomic E-state index is 8.81. The fourth-order valence-corrected chi connectivity index (χ4v) is 4.40. The van der Waals surface area contributed by atoms with Crippen molar-refractivity contribution >= 4 is 29.6 Å². The molecule has 2 aromatic rings. The summed E-state index contributed by atoms with van der Waals surface area (Å²) in [7, 11) is 0. The molecule has 31 heavy (non-hydrogen) atoms. The number of rotatable bonds is 8. The van der Waals surface area contributed by atoms with Gasteiger partial charge in [0, 0.05) is 31.2 Å². The van der Waals surface area contributed by atoms with E-state index in [1.165, 1.54) is 6.92 Å². The van der Waals surface area contributed by atoms with Crippen molar-refractivity contribution in [3.63, 3.8) is 0 Å². The summed E-state index contributed by atoms with van der Waals surface area (Å²) < 4.78 is 11.8. The first kappa shape index (κ1) is 27.7. The highest BCUT2D eigenvalue weighted by Crippen LogP contribution is 2.40. The van der Waals surface area contributed by atoms with Crippen LogP contribution in [0.4, 0.5) is 0 Å². The van der Waals surface area contributed by atoms with Gasteiger partial charge in [-0.05, 0) is 56.5 Å². The Bertz CT molecular complexity index is 725. The molecule has 2 aromatic heterocycles. The fraction of sp³-hybridized carbons (Fsp3) is 0.625.